The van der Waals surface area contributed by atoms with Crippen molar-refractivity contribution in [3.63, 3.8) is 0 Å². The molecule has 1 amide bonds. The quantitative estimate of drug-likeness (QED) is 0.618. The molecule has 0 aliphatic carbocycles. The van der Waals surface area contributed by atoms with Crippen LogP contribution in [-0.4, -0.2) is 55.1 Å². The van der Waals surface area contributed by atoms with E-state index in [1.165, 1.54) is 25.3 Å². The Kier molecular flexibility index (Phi) is 5.29. The zero-order valence-electron chi connectivity index (χ0n) is 12.7. The number of rotatable bonds is 5. The number of non-ortho nitro benzene ring substituents is 1. The third-order valence-corrected chi connectivity index (χ3v) is 3.66. The molecule has 8 heteroatoms. The Bertz CT molecular complexity index is 564. The number of anilines is 1. The maximum atomic E-state index is 12.2. The smallest absolute Gasteiger partial charge is 0.273 e. The monoisotopic (exact) mass is 308 g/mol. The third-order valence-electron chi connectivity index (χ3n) is 3.66. The molecule has 0 radical (unpaired) electrons. The summed E-state index contributed by atoms with van der Waals surface area (Å²) in [7, 11) is 1.41. The van der Waals surface area contributed by atoms with Crippen molar-refractivity contribution in [1.82, 2.24) is 10.2 Å². The lowest BCUT2D eigenvalue weighted by molar-refractivity contribution is -0.384. The number of hydrogen-bond acceptors (Lipinski definition) is 6. The summed E-state index contributed by atoms with van der Waals surface area (Å²) >= 11 is 0. The number of carbonyl (C=O) groups is 1. The molecule has 1 fully saturated rings. The van der Waals surface area contributed by atoms with Crippen molar-refractivity contribution in [2.75, 3.05) is 38.6 Å². The number of amides is 1. The molecule has 8 nitrogen and oxygen atoms in total. The summed E-state index contributed by atoms with van der Waals surface area (Å²) in [4.78, 5) is 24.5. The molecule has 2 N–H and O–H groups in total. The molecule has 0 bridgehead atoms. The van der Waals surface area contributed by atoms with Gasteiger partial charge in [-0.1, -0.05) is 0 Å². The van der Waals surface area contributed by atoms with Crippen LogP contribution in [0.4, 0.5) is 11.4 Å². The first-order valence-corrected chi connectivity index (χ1v) is 7.08. The molecule has 1 saturated heterocycles. The standard InChI is InChI=1S/C14H20N4O4/c1-10-8-15-5-6-17(10)9-14(19)16-12-4-3-11(18(20)21)7-13(12)22-2/h3-4,7,10,15H,5-6,8-9H2,1-2H3,(H,16,19)/t10-/m0/s1. The van der Waals surface area contributed by atoms with Crippen molar-refractivity contribution >= 4 is 17.3 Å². The summed E-state index contributed by atoms with van der Waals surface area (Å²) in [6.07, 6.45) is 0. The molecule has 1 aromatic rings. The molecule has 0 aromatic heterocycles. The maximum absolute atomic E-state index is 12.2. The SMILES string of the molecule is COc1cc([N+](=O)[O-])ccc1NC(=O)CN1CCNC[C@@H]1C. The van der Waals surface area contributed by atoms with Crippen LogP contribution in [0.2, 0.25) is 0 Å². The number of piperazine rings is 1. The molecular weight excluding hydrogens is 288 g/mol. The van der Waals surface area contributed by atoms with Gasteiger partial charge in [0.1, 0.15) is 5.75 Å². The highest BCUT2D eigenvalue weighted by molar-refractivity contribution is 5.94. The number of methoxy groups -OCH3 is 1. The van der Waals surface area contributed by atoms with E-state index in [0.717, 1.165) is 19.6 Å². The Morgan fingerprint density at radius 3 is 3.00 bits per heavy atom. The van der Waals surface area contributed by atoms with Crippen molar-refractivity contribution in [3.05, 3.63) is 28.3 Å². The van der Waals surface area contributed by atoms with Gasteiger partial charge in [0.05, 0.1) is 30.3 Å². The van der Waals surface area contributed by atoms with Crippen LogP contribution in [0.25, 0.3) is 0 Å². The van der Waals surface area contributed by atoms with Crippen LogP contribution in [0.1, 0.15) is 6.92 Å². The number of nitro groups is 1. The van der Waals surface area contributed by atoms with Crippen LogP contribution >= 0.6 is 0 Å². The Labute approximate surface area is 128 Å². The molecule has 1 heterocycles. The van der Waals surface area contributed by atoms with Gasteiger partial charge in [0, 0.05) is 31.7 Å². The van der Waals surface area contributed by atoms with Crippen LogP contribution in [0, 0.1) is 10.1 Å². The largest absolute Gasteiger partial charge is 0.494 e. The minimum absolute atomic E-state index is 0.0782. The lowest BCUT2D eigenvalue weighted by Gasteiger charge is -2.33. The van der Waals surface area contributed by atoms with Crippen LogP contribution in [0.3, 0.4) is 0 Å². The number of hydrogen-bond donors (Lipinski definition) is 2. The first-order chi connectivity index (χ1) is 10.5. The minimum atomic E-state index is -0.503. The van der Waals surface area contributed by atoms with Crippen molar-refractivity contribution in [2.24, 2.45) is 0 Å². The van der Waals surface area contributed by atoms with Gasteiger partial charge in [-0.2, -0.15) is 0 Å². The van der Waals surface area contributed by atoms with E-state index in [1.54, 1.807) is 0 Å². The zero-order chi connectivity index (χ0) is 16.1. The summed E-state index contributed by atoms with van der Waals surface area (Å²) < 4.78 is 5.11. The number of nitro benzene ring substituents is 1. The Morgan fingerprint density at radius 1 is 1.59 bits per heavy atom. The molecule has 120 valence electrons. The number of nitrogens with zero attached hydrogens (tertiary/aromatic N) is 2. The summed E-state index contributed by atoms with van der Waals surface area (Å²) in [5, 5.41) is 16.8. The van der Waals surface area contributed by atoms with Gasteiger partial charge in [-0.15, -0.1) is 0 Å². The molecular formula is C14H20N4O4. The average molecular weight is 308 g/mol. The van der Waals surface area contributed by atoms with Gasteiger partial charge in [-0.05, 0) is 13.0 Å². The second-order valence-electron chi connectivity index (χ2n) is 5.21. The average Bonchev–Trinajstić information content (AvgIpc) is 2.49. The summed E-state index contributed by atoms with van der Waals surface area (Å²) in [6, 6.07) is 4.41. The summed E-state index contributed by atoms with van der Waals surface area (Å²) in [6.45, 7) is 4.87. The molecule has 1 aliphatic rings. The van der Waals surface area contributed by atoms with Crippen LogP contribution in [0.15, 0.2) is 18.2 Å². The van der Waals surface area contributed by atoms with Gasteiger partial charge in [0.2, 0.25) is 5.91 Å². The summed E-state index contributed by atoms with van der Waals surface area (Å²) in [5.74, 6) is 0.108. The first-order valence-electron chi connectivity index (χ1n) is 7.08. The van der Waals surface area contributed by atoms with Crippen LogP contribution in [0.5, 0.6) is 5.75 Å². The van der Waals surface area contributed by atoms with Crippen LogP contribution < -0.4 is 15.4 Å². The molecule has 1 aliphatic heterocycles. The summed E-state index contributed by atoms with van der Waals surface area (Å²) in [5.41, 5.74) is 0.353. The Balaban J connectivity index is 2.03. The fourth-order valence-electron chi connectivity index (χ4n) is 2.39. The van der Waals surface area contributed by atoms with Gasteiger partial charge in [0.15, 0.2) is 0 Å². The normalized spacial score (nSPS) is 18.7. The Morgan fingerprint density at radius 2 is 2.36 bits per heavy atom. The molecule has 2 rings (SSSR count). The van der Waals surface area contributed by atoms with E-state index in [1.807, 2.05) is 0 Å². The van der Waals surface area contributed by atoms with Crippen LogP contribution in [-0.2, 0) is 4.79 Å². The fraction of sp³-hybridized carbons (Fsp3) is 0.500. The first kappa shape index (κ1) is 16.2. The highest BCUT2D eigenvalue weighted by Crippen LogP contribution is 2.28. The van der Waals surface area contributed by atoms with Gasteiger partial charge in [-0.25, -0.2) is 0 Å². The van der Waals surface area contributed by atoms with Gasteiger partial charge in [-0.3, -0.25) is 19.8 Å². The topological polar surface area (TPSA) is 96.7 Å². The lowest BCUT2D eigenvalue weighted by Crippen LogP contribution is -2.51. The third kappa shape index (κ3) is 3.92. The van der Waals surface area contributed by atoms with Gasteiger partial charge in [0.25, 0.3) is 5.69 Å². The molecule has 0 spiro atoms. The maximum Gasteiger partial charge on any atom is 0.273 e. The van der Waals surface area contributed by atoms with Crippen molar-refractivity contribution < 1.29 is 14.5 Å². The van der Waals surface area contributed by atoms with Gasteiger partial charge >= 0.3 is 0 Å². The second-order valence-corrected chi connectivity index (χ2v) is 5.21. The number of benzene rings is 1. The van der Waals surface area contributed by atoms with Gasteiger partial charge < -0.3 is 15.4 Å². The second kappa shape index (κ2) is 7.19. The van der Waals surface area contributed by atoms with E-state index in [2.05, 4.69) is 22.5 Å². The zero-order valence-corrected chi connectivity index (χ0v) is 12.7. The Hall–Kier alpha value is -2.19. The van der Waals surface area contributed by atoms with E-state index in [4.69, 9.17) is 4.74 Å². The molecule has 0 saturated carbocycles. The molecule has 1 aromatic carbocycles. The lowest BCUT2D eigenvalue weighted by atomic mass is 10.2. The molecule has 1 atom stereocenters. The molecule has 0 unspecified atom stereocenters. The van der Waals surface area contributed by atoms with E-state index < -0.39 is 4.92 Å². The predicted molar refractivity (Wildman–Crippen MR) is 82.2 cm³/mol. The van der Waals surface area contributed by atoms with E-state index in [-0.39, 0.29) is 23.9 Å². The van der Waals surface area contributed by atoms with E-state index in [0.29, 0.717) is 11.7 Å². The highest BCUT2D eigenvalue weighted by Gasteiger charge is 2.21. The van der Waals surface area contributed by atoms with E-state index in [9.17, 15) is 14.9 Å². The number of nitrogens with one attached hydrogen (secondary N) is 2. The van der Waals surface area contributed by atoms with Crippen molar-refractivity contribution in [3.8, 4) is 5.75 Å². The van der Waals surface area contributed by atoms with Crippen molar-refractivity contribution in [1.29, 1.82) is 0 Å². The number of carbonyl (C=O) groups excluding carboxylic acids is 1. The fourth-order valence-corrected chi connectivity index (χ4v) is 2.39. The predicted octanol–water partition coefficient (Wildman–Crippen LogP) is 0.836. The molecule has 22 heavy (non-hydrogen) atoms. The number of ether oxygens (including phenoxy) is 1. The van der Waals surface area contributed by atoms with Crippen molar-refractivity contribution in [2.45, 2.75) is 13.0 Å². The highest BCUT2D eigenvalue weighted by atomic mass is 16.6. The minimum Gasteiger partial charge on any atom is -0.494 e. The van der Waals surface area contributed by atoms with E-state index >= 15 is 0 Å².